The van der Waals surface area contributed by atoms with Crippen LogP contribution in [0.3, 0.4) is 0 Å². The maximum absolute atomic E-state index is 12.6. The van der Waals surface area contributed by atoms with E-state index in [0.717, 1.165) is 74.9 Å². The van der Waals surface area contributed by atoms with Crippen LogP contribution in [-0.4, -0.2) is 60.0 Å². The summed E-state index contributed by atoms with van der Waals surface area (Å²) in [6.45, 7) is 13.4. The van der Waals surface area contributed by atoms with Crippen molar-refractivity contribution >= 4 is 5.91 Å². The van der Waals surface area contributed by atoms with Gasteiger partial charge in [-0.25, -0.2) is 4.98 Å². The molecule has 3 heterocycles. The first-order chi connectivity index (χ1) is 16.0. The van der Waals surface area contributed by atoms with E-state index in [-0.39, 0.29) is 11.8 Å². The number of amides is 1. The first kappa shape index (κ1) is 24.0. The van der Waals surface area contributed by atoms with E-state index in [0.29, 0.717) is 5.89 Å². The Morgan fingerprint density at radius 2 is 1.91 bits per heavy atom. The second-order valence-corrected chi connectivity index (χ2v) is 10.1. The minimum atomic E-state index is 0.136. The molecule has 1 N–H and O–H groups in total. The van der Waals surface area contributed by atoms with E-state index in [1.807, 2.05) is 19.1 Å². The van der Waals surface area contributed by atoms with Crippen molar-refractivity contribution in [1.29, 1.82) is 0 Å². The van der Waals surface area contributed by atoms with Crippen molar-refractivity contribution < 1.29 is 9.21 Å². The lowest BCUT2D eigenvalue weighted by Crippen LogP contribution is -2.41. The van der Waals surface area contributed by atoms with Gasteiger partial charge in [-0.3, -0.25) is 9.69 Å². The van der Waals surface area contributed by atoms with E-state index in [2.05, 4.69) is 41.1 Å². The fraction of sp³-hybridized carbons (Fsp3) is 0.630. The van der Waals surface area contributed by atoms with Gasteiger partial charge in [-0.05, 0) is 89.7 Å². The monoisotopic (exact) mass is 452 g/mol. The lowest BCUT2D eigenvalue weighted by Gasteiger charge is -2.31. The van der Waals surface area contributed by atoms with Crippen molar-refractivity contribution in [3.05, 3.63) is 41.3 Å². The molecule has 2 fully saturated rings. The zero-order valence-corrected chi connectivity index (χ0v) is 20.6. The van der Waals surface area contributed by atoms with Crippen molar-refractivity contribution in [2.75, 3.05) is 39.3 Å². The number of nitrogens with one attached hydrogen (secondary N) is 1. The topological polar surface area (TPSA) is 61.6 Å². The molecule has 1 aromatic carbocycles. The molecule has 6 heteroatoms. The Morgan fingerprint density at radius 3 is 2.67 bits per heavy atom. The van der Waals surface area contributed by atoms with Crippen LogP contribution in [0.2, 0.25) is 0 Å². The van der Waals surface area contributed by atoms with Crippen molar-refractivity contribution in [1.82, 2.24) is 20.1 Å². The van der Waals surface area contributed by atoms with Gasteiger partial charge in [0.05, 0.1) is 5.69 Å². The van der Waals surface area contributed by atoms with E-state index < -0.39 is 0 Å². The van der Waals surface area contributed by atoms with Gasteiger partial charge in [0.25, 0.3) is 0 Å². The second-order valence-electron chi connectivity index (χ2n) is 10.1. The molecule has 0 saturated carbocycles. The Labute approximate surface area is 198 Å². The minimum Gasteiger partial charge on any atom is -0.441 e. The molecule has 0 unspecified atom stereocenters. The number of aromatic nitrogens is 1. The molecule has 0 radical (unpaired) electrons. The van der Waals surface area contributed by atoms with Gasteiger partial charge in [0, 0.05) is 31.1 Å². The van der Waals surface area contributed by atoms with Gasteiger partial charge >= 0.3 is 0 Å². The van der Waals surface area contributed by atoms with Crippen LogP contribution in [0.4, 0.5) is 0 Å². The fourth-order valence-corrected chi connectivity index (χ4v) is 5.22. The molecule has 0 aliphatic carbocycles. The van der Waals surface area contributed by atoms with Gasteiger partial charge in [-0.2, -0.15) is 0 Å². The van der Waals surface area contributed by atoms with Crippen LogP contribution in [0.5, 0.6) is 0 Å². The Morgan fingerprint density at radius 1 is 1.12 bits per heavy atom. The standard InChI is InChI=1S/C27H40N4O2/c1-20-8-6-14-30(18-20)15-7-13-28-26(32)23-11-16-31(17-12-23)19-25-22(3)33-27(29-25)24-10-5-4-9-21(24)2/h4-5,9-10,20,23H,6-8,11-19H2,1-3H3,(H,28,32)/t20-/m0/s1. The van der Waals surface area contributed by atoms with Gasteiger partial charge < -0.3 is 14.6 Å². The van der Waals surface area contributed by atoms with Crippen LogP contribution in [0.1, 0.15) is 56.0 Å². The van der Waals surface area contributed by atoms with E-state index in [4.69, 9.17) is 9.40 Å². The normalized spacial score (nSPS) is 20.8. The quantitative estimate of drug-likeness (QED) is 0.601. The summed E-state index contributed by atoms with van der Waals surface area (Å²) in [6, 6.07) is 8.19. The molecular weight excluding hydrogens is 412 g/mol. The van der Waals surface area contributed by atoms with Crippen LogP contribution >= 0.6 is 0 Å². The number of nitrogens with zero attached hydrogens (tertiary/aromatic N) is 3. The molecule has 0 bridgehead atoms. The summed E-state index contributed by atoms with van der Waals surface area (Å²) >= 11 is 0. The molecule has 2 aliphatic rings. The Bertz CT molecular complexity index is 917. The van der Waals surface area contributed by atoms with Gasteiger partial charge in [0.15, 0.2) is 0 Å². The number of benzene rings is 1. The summed E-state index contributed by atoms with van der Waals surface area (Å²) in [5.74, 6) is 2.78. The molecule has 2 aromatic rings. The number of piperidine rings is 2. The molecule has 6 nitrogen and oxygen atoms in total. The van der Waals surface area contributed by atoms with E-state index >= 15 is 0 Å². The average molecular weight is 453 g/mol. The molecular formula is C27H40N4O2. The van der Waals surface area contributed by atoms with Crippen LogP contribution < -0.4 is 5.32 Å². The Balaban J connectivity index is 1.18. The summed E-state index contributed by atoms with van der Waals surface area (Å²) in [4.78, 5) is 22.4. The van der Waals surface area contributed by atoms with Gasteiger partial charge in [0.2, 0.25) is 11.8 Å². The fourth-order valence-electron chi connectivity index (χ4n) is 5.22. The number of carbonyl (C=O) groups excluding carboxylic acids is 1. The maximum Gasteiger partial charge on any atom is 0.226 e. The summed E-state index contributed by atoms with van der Waals surface area (Å²) in [5.41, 5.74) is 3.22. The number of hydrogen-bond donors (Lipinski definition) is 1. The minimum absolute atomic E-state index is 0.136. The Kier molecular flexibility index (Phi) is 8.20. The van der Waals surface area contributed by atoms with Gasteiger partial charge in [-0.1, -0.05) is 25.1 Å². The van der Waals surface area contributed by atoms with Crippen molar-refractivity contribution in [3.8, 4) is 11.5 Å². The van der Waals surface area contributed by atoms with Gasteiger partial charge in [-0.15, -0.1) is 0 Å². The second kappa shape index (κ2) is 11.3. The SMILES string of the molecule is Cc1ccccc1-c1nc(CN2CCC(C(=O)NCCCN3CCC[C@H](C)C3)CC2)c(C)o1. The Hall–Kier alpha value is -2.18. The molecule has 1 aromatic heterocycles. The molecule has 2 saturated heterocycles. The summed E-state index contributed by atoms with van der Waals surface area (Å²) < 4.78 is 5.98. The van der Waals surface area contributed by atoms with E-state index in [9.17, 15) is 4.79 Å². The number of likely N-dealkylation sites (tertiary alicyclic amines) is 2. The molecule has 180 valence electrons. The van der Waals surface area contributed by atoms with E-state index in [1.54, 1.807) is 0 Å². The van der Waals surface area contributed by atoms with Crippen molar-refractivity contribution in [2.45, 2.75) is 59.4 Å². The third kappa shape index (κ3) is 6.45. The van der Waals surface area contributed by atoms with Crippen LogP contribution in [0.25, 0.3) is 11.5 Å². The number of carbonyl (C=O) groups is 1. The molecule has 1 atom stereocenters. The highest BCUT2D eigenvalue weighted by Gasteiger charge is 2.26. The summed E-state index contributed by atoms with van der Waals surface area (Å²) in [5, 5.41) is 3.19. The highest BCUT2D eigenvalue weighted by atomic mass is 16.4. The molecule has 1 amide bonds. The molecule has 33 heavy (non-hydrogen) atoms. The lowest BCUT2D eigenvalue weighted by atomic mass is 9.95. The number of rotatable bonds is 8. The van der Waals surface area contributed by atoms with Crippen LogP contribution in [-0.2, 0) is 11.3 Å². The smallest absolute Gasteiger partial charge is 0.226 e. The summed E-state index contributed by atoms with van der Waals surface area (Å²) in [6.07, 6.45) is 5.54. The van der Waals surface area contributed by atoms with Crippen molar-refractivity contribution in [3.63, 3.8) is 0 Å². The van der Waals surface area contributed by atoms with Crippen LogP contribution in [0.15, 0.2) is 28.7 Å². The third-order valence-corrected chi connectivity index (χ3v) is 7.29. The first-order valence-electron chi connectivity index (χ1n) is 12.7. The first-order valence-corrected chi connectivity index (χ1v) is 12.7. The predicted molar refractivity (Wildman–Crippen MR) is 132 cm³/mol. The predicted octanol–water partition coefficient (Wildman–Crippen LogP) is 4.41. The van der Waals surface area contributed by atoms with Crippen molar-refractivity contribution in [2.24, 2.45) is 11.8 Å². The highest BCUT2D eigenvalue weighted by Crippen LogP contribution is 2.26. The van der Waals surface area contributed by atoms with Crippen LogP contribution in [0, 0.1) is 25.7 Å². The number of oxazole rings is 1. The zero-order valence-electron chi connectivity index (χ0n) is 20.6. The number of aryl methyl sites for hydroxylation is 2. The number of hydrogen-bond acceptors (Lipinski definition) is 5. The maximum atomic E-state index is 12.6. The lowest BCUT2D eigenvalue weighted by molar-refractivity contribution is -0.126. The highest BCUT2D eigenvalue weighted by molar-refractivity contribution is 5.78. The molecule has 0 spiro atoms. The summed E-state index contributed by atoms with van der Waals surface area (Å²) in [7, 11) is 0. The van der Waals surface area contributed by atoms with E-state index in [1.165, 1.54) is 31.5 Å². The third-order valence-electron chi connectivity index (χ3n) is 7.29. The molecule has 4 rings (SSSR count). The van der Waals surface area contributed by atoms with Gasteiger partial charge in [0.1, 0.15) is 5.76 Å². The average Bonchev–Trinajstić information content (AvgIpc) is 3.17. The molecule has 2 aliphatic heterocycles. The zero-order chi connectivity index (χ0) is 23.2. The largest absolute Gasteiger partial charge is 0.441 e.